The molecule has 2 saturated heterocycles. The predicted molar refractivity (Wildman–Crippen MR) is 86.7 cm³/mol. The zero-order chi connectivity index (χ0) is 15.6. The van der Waals surface area contributed by atoms with E-state index in [2.05, 4.69) is 27.3 Å². The highest BCUT2D eigenvalue weighted by Gasteiger charge is 2.42. The van der Waals surface area contributed by atoms with E-state index >= 15 is 0 Å². The number of fused-ring (bicyclic) bond motifs is 1. The number of carbonyl (C=O) groups excluding carboxylic acids is 1. The average molecular weight is 315 g/mol. The quantitative estimate of drug-likeness (QED) is 0.919. The second kappa shape index (κ2) is 6.57. The molecule has 0 bridgehead atoms. The highest BCUT2D eigenvalue weighted by molar-refractivity contribution is 5.81. The molecule has 3 atom stereocenters. The number of piperidine rings is 1. The SMILES string of the molecule is O=C(NC1CCC1)[C@@H]1C[C@@H]2CCN(Cc3ccncc3)C[C@H]2O1. The first-order valence-corrected chi connectivity index (χ1v) is 8.85. The summed E-state index contributed by atoms with van der Waals surface area (Å²) in [6, 6.07) is 4.53. The summed E-state index contributed by atoms with van der Waals surface area (Å²) >= 11 is 0. The van der Waals surface area contributed by atoms with Crippen molar-refractivity contribution in [3.63, 3.8) is 0 Å². The fourth-order valence-electron chi connectivity index (χ4n) is 3.90. The van der Waals surface area contributed by atoms with Gasteiger partial charge in [-0.05, 0) is 62.3 Å². The van der Waals surface area contributed by atoms with Crippen LogP contribution in [-0.2, 0) is 16.1 Å². The summed E-state index contributed by atoms with van der Waals surface area (Å²) in [7, 11) is 0. The molecule has 4 rings (SSSR count). The van der Waals surface area contributed by atoms with E-state index in [0.717, 1.165) is 45.3 Å². The Labute approximate surface area is 137 Å². The van der Waals surface area contributed by atoms with E-state index < -0.39 is 0 Å². The minimum Gasteiger partial charge on any atom is -0.364 e. The van der Waals surface area contributed by atoms with Gasteiger partial charge >= 0.3 is 0 Å². The number of pyridine rings is 1. The van der Waals surface area contributed by atoms with E-state index in [9.17, 15) is 4.79 Å². The lowest BCUT2D eigenvalue weighted by Gasteiger charge is -2.34. The summed E-state index contributed by atoms with van der Waals surface area (Å²) in [6.07, 6.45) is 9.19. The van der Waals surface area contributed by atoms with Crippen molar-refractivity contribution in [1.82, 2.24) is 15.2 Å². The Hall–Kier alpha value is -1.46. The lowest BCUT2D eigenvalue weighted by Crippen LogP contribution is -2.45. The fourth-order valence-corrected chi connectivity index (χ4v) is 3.90. The molecule has 1 saturated carbocycles. The van der Waals surface area contributed by atoms with Crippen LogP contribution < -0.4 is 5.32 Å². The fraction of sp³-hybridized carbons (Fsp3) is 0.667. The Balaban J connectivity index is 1.30. The van der Waals surface area contributed by atoms with Crippen LogP contribution in [0.15, 0.2) is 24.5 Å². The van der Waals surface area contributed by atoms with E-state index in [-0.39, 0.29) is 18.1 Å². The van der Waals surface area contributed by atoms with Crippen molar-refractivity contribution in [2.24, 2.45) is 5.92 Å². The lowest BCUT2D eigenvalue weighted by molar-refractivity contribution is -0.134. The molecule has 1 aromatic rings. The first kappa shape index (κ1) is 15.1. The van der Waals surface area contributed by atoms with Crippen molar-refractivity contribution in [2.45, 2.75) is 56.9 Å². The maximum absolute atomic E-state index is 12.3. The van der Waals surface area contributed by atoms with E-state index in [0.29, 0.717) is 12.0 Å². The van der Waals surface area contributed by atoms with Crippen LogP contribution in [-0.4, -0.2) is 47.1 Å². The highest BCUT2D eigenvalue weighted by atomic mass is 16.5. The van der Waals surface area contributed by atoms with E-state index in [1.165, 1.54) is 12.0 Å². The third-order valence-corrected chi connectivity index (χ3v) is 5.54. The van der Waals surface area contributed by atoms with Gasteiger partial charge in [0.2, 0.25) is 5.91 Å². The number of nitrogens with zero attached hydrogens (tertiary/aromatic N) is 2. The Kier molecular flexibility index (Phi) is 4.31. The van der Waals surface area contributed by atoms with Gasteiger partial charge in [-0.2, -0.15) is 0 Å². The molecule has 1 amide bonds. The van der Waals surface area contributed by atoms with Crippen LogP contribution in [0.5, 0.6) is 0 Å². The molecule has 1 aliphatic carbocycles. The van der Waals surface area contributed by atoms with Crippen molar-refractivity contribution >= 4 is 5.91 Å². The summed E-state index contributed by atoms with van der Waals surface area (Å²) < 4.78 is 6.10. The number of hydrogen-bond acceptors (Lipinski definition) is 4. The summed E-state index contributed by atoms with van der Waals surface area (Å²) in [5.74, 6) is 0.658. The molecule has 3 heterocycles. The van der Waals surface area contributed by atoms with Crippen molar-refractivity contribution < 1.29 is 9.53 Å². The van der Waals surface area contributed by atoms with Crippen LogP contribution >= 0.6 is 0 Å². The Morgan fingerprint density at radius 2 is 2.13 bits per heavy atom. The minimum atomic E-state index is -0.230. The summed E-state index contributed by atoms with van der Waals surface area (Å²) in [6.45, 7) is 2.96. The highest BCUT2D eigenvalue weighted by Crippen LogP contribution is 2.34. The van der Waals surface area contributed by atoms with E-state index in [4.69, 9.17) is 4.74 Å². The van der Waals surface area contributed by atoms with Gasteiger partial charge in [0.15, 0.2) is 0 Å². The number of likely N-dealkylation sites (tertiary alicyclic amines) is 1. The van der Waals surface area contributed by atoms with Crippen LogP contribution in [0.3, 0.4) is 0 Å². The van der Waals surface area contributed by atoms with Gasteiger partial charge in [0.1, 0.15) is 6.10 Å². The van der Waals surface area contributed by atoms with Gasteiger partial charge in [0.05, 0.1) is 6.10 Å². The van der Waals surface area contributed by atoms with Crippen molar-refractivity contribution in [3.8, 4) is 0 Å². The minimum absolute atomic E-state index is 0.116. The topological polar surface area (TPSA) is 54.5 Å². The van der Waals surface area contributed by atoms with Crippen LogP contribution in [0.2, 0.25) is 0 Å². The van der Waals surface area contributed by atoms with Crippen molar-refractivity contribution in [1.29, 1.82) is 0 Å². The molecular weight excluding hydrogens is 290 g/mol. The number of ether oxygens (including phenoxy) is 1. The van der Waals surface area contributed by atoms with Gasteiger partial charge in [0, 0.05) is 31.5 Å². The molecule has 124 valence electrons. The number of nitrogens with one attached hydrogen (secondary N) is 1. The van der Waals surface area contributed by atoms with Crippen LogP contribution in [0.25, 0.3) is 0 Å². The molecule has 23 heavy (non-hydrogen) atoms. The van der Waals surface area contributed by atoms with Gasteiger partial charge in [-0.25, -0.2) is 0 Å². The molecular formula is C18H25N3O2. The molecule has 0 unspecified atom stereocenters. The van der Waals surface area contributed by atoms with Crippen LogP contribution in [0.1, 0.15) is 37.7 Å². The van der Waals surface area contributed by atoms with Crippen LogP contribution in [0, 0.1) is 5.92 Å². The summed E-state index contributed by atoms with van der Waals surface area (Å²) in [5.41, 5.74) is 1.29. The number of rotatable bonds is 4. The standard InChI is InChI=1S/C18H25N3O2/c22-18(20-15-2-1-3-15)16-10-14-6-9-21(12-17(14)23-16)11-13-4-7-19-8-5-13/h4-5,7-8,14-17H,1-3,6,9-12H2,(H,20,22)/t14-,16-,17+/m0/s1. The molecule has 0 spiro atoms. The van der Waals surface area contributed by atoms with Crippen molar-refractivity contribution in [2.75, 3.05) is 13.1 Å². The molecule has 0 aromatic carbocycles. The van der Waals surface area contributed by atoms with Gasteiger partial charge in [-0.1, -0.05) is 0 Å². The first-order chi connectivity index (χ1) is 11.3. The maximum Gasteiger partial charge on any atom is 0.249 e. The smallest absolute Gasteiger partial charge is 0.249 e. The number of aromatic nitrogens is 1. The molecule has 3 aliphatic rings. The molecule has 0 radical (unpaired) electrons. The second-order valence-corrected chi connectivity index (χ2v) is 7.17. The number of amides is 1. The zero-order valence-corrected chi connectivity index (χ0v) is 13.5. The molecule has 5 heteroatoms. The maximum atomic E-state index is 12.3. The Morgan fingerprint density at radius 3 is 2.87 bits per heavy atom. The molecule has 3 fully saturated rings. The lowest BCUT2D eigenvalue weighted by atomic mass is 9.90. The Morgan fingerprint density at radius 1 is 1.30 bits per heavy atom. The molecule has 1 aromatic heterocycles. The summed E-state index contributed by atoms with van der Waals surface area (Å²) in [5, 5.41) is 3.13. The third kappa shape index (κ3) is 3.40. The van der Waals surface area contributed by atoms with Gasteiger partial charge < -0.3 is 10.1 Å². The zero-order valence-electron chi connectivity index (χ0n) is 13.5. The monoisotopic (exact) mass is 315 g/mol. The normalized spacial score (nSPS) is 31.4. The van der Waals surface area contributed by atoms with Crippen molar-refractivity contribution in [3.05, 3.63) is 30.1 Å². The Bertz CT molecular complexity index is 546. The number of hydrogen-bond donors (Lipinski definition) is 1. The van der Waals surface area contributed by atoms with Gasteiger partial charge in [-0.3, -0.25) is 14.7 Å². The molecule has 5 nitrogen and oxygen atoms in total. The average Bonchev–Trinajstić information content (AvgIpc) is 2.95. The van der Waals surface area contributed by atoms with Gasteiger partial charge in [0.25, 0.3) is 0 Å². The summed E-state index contributed by atoms with van der Waals surface area (Å²) in [4.78, 5) is 18.8. The predicted octanol–water partition coefficient (Wildman–Crippen LogP) is 1.73. The third-order valence-electron chi connectivity index (χ3n) is 5.54. The first-order valence-electron chi connectivity index (χ1n) is 8.85. The molecule has 2 aliphatic heterocycles. The van der Waals surface area contributed by atoms with Crippen LogP contribution in [0.4, 0.5) is 0 Å². The number of carbonyl (C=O) groups is 1. The second-order valence-electron chi connectivity index (χ2n) is 7.17. The molecule has 1 N–H and O–H groups in total. The van der Waals surface area contributed by atoms with E-state index in [1.54, 1.807) is 0 Å². The van der Waals surface area contributed by atoms with E-state index in [1.807, 2.05) is 12.4 Å². The largest absolute Gasteiger partial charge is 0.364 e. The van der Waals surface area contributed by atoms with Gasteiger partial charge in [-0.15, -0.1) is 0 Å².